The van der Waals surface area contributed by atoms with Crippen LogP contribution in [0.25, 0.3) is 0 Å². The molecule has 1 saturated carbocycles. The van der Waals surface area contributed by atoms with Gasteiger partial charge in [-0.15, -0.1) is 0 Å². The molecule has 0 unspecified atom stereocenters. The van der Waals surface area contributed by atoms with Crippen LogP contribution < -0.4 is 5.19 Å². The fourth-order valence-corrected chi connectivity index (χ4v) is 11.5. The lowest BCUT2D eigenvalue weighted by Gasteiger charge is -2.43. The SMILES string of the molecule is CCCC[Si]1(c2ccccc2)CCC([C@H]2CC[C@H](CBr)CC2)CC1. The van der Waals surface area contributed by atoms with E-state index in [-0.39, 0.29) is 0 Å². The number of unbranched alkanes of at least 4 members (excludes halogenated alkanes) is 1. The molecule has 3 rings (SSSR count). The third-order valence-electron chi connectivity index (χ3n) is 7.16. The summed E-state index contributed by atoms with van der Waals surface area (Å²) >= 11 is 3.70. The zero-order valence-corrected chi connectivity index (χ0v) is 18.1. The van der Waals surface area contributed by atoms with Gasteiger partial charge in [0, 0.05) is 5.33 Å². The minimum Gasteiger partial charge on any atom is -0.0925 e. The Balaban J connectivity index is 1.62. The molecule has 0 atom stereocenters. The van der Waals surface area contributed by atoms with Gasteiger partial charge < -0.3 is 0 Å². The van der Waals surface area contributed by atoms with Gasteiger partial charge in [-0.05, 0) is 43.4 Å². The number of hydrogen-bond acceptors (Lipinski definition) is 0. The van der Waals surface area contributed by atoms with Gasteiger partial charge >= 0.3 is 0 Å². The van der Waals surface area contributed by atoms with Crippen LogP contribution in [0.15, 0.2) is 30.3 Å². The van der Waals surface area contributed by atoms with E-state index >= 15 is 0 Å². The quantitative estimate of drug-likeness (QED) is 0.361. The first-order chi connectivity index (χ1) is 11.8. The third kappa shape index (κ3) is 4.36. The van der Waals surface area contributed by atoms with Crippen molar-refractivity contribution >= 4 is 29.2 Å². The maximum atomic E-state index is 3.70. The van der Waals surface area contributed by atoms with E-state index in [2.05, 4.69) is 53.2 Å². The summed E-state index contributed by atoms with van der Waals surface area (Å²) < 4.78 is 0. The molecular formula is C22H35BrSi. The molecule has 0 N–H and O–H groups in total. The van der Waals surface area contributed by atoms with E-state index in [1.165, 1.54) is 62.7 Å². The van der Waals surface area contributed by atoms with Gasteiger partial charge in [-0.3, -0.25) is 0 Å². The van der Waals surface area contributed by atoms with Crippen molar-refractivity contribution < 1.29 is 0 Å². The van der Waals surface area contributed by atoms with Gasteiger partial charge in [0.15, 0.2) is 0 Å². The maximum absolute atomic E-state index is 3.70. The zero-order valence-electron chi connectivity index (χ0n) is 15.5. The molecule has 2 aliphatic rings. The summed E-state index contributed by atoms with van der Waals surface area (Å²) in [5.41, 5.74) is 0. The van der Waals surface area contributed by atoms with E-state index in [1.54, 1.807) is 17.3 Å². The molecule has 1 aliphatic carbocycles. The summed E-state index contributed by atoms with van der Waals surface area (Å²) in [6, 6.07) is 16.4. The van der Waals surface area contributed by atoms with Crippen LogP contribution in [0.3, 0.4) is 0 Å². The minimum absolute atomic E-state index is 0.965. The second kappa shape index (κ2) is 9.03. The number of benzene rings is 1. The van der Waals surface area contributed by atoms with Crippen LogP contribution in [0.5, 0.6) is 0 Å². The summed E-state index contributed by atoms with van der Waals surface area (Å²) in [4.78, 5) is 0. The summed E-state index contributed by atoms with van der Waals surface area (Å²) in [5.74, 6) is 3.06. The van der Waals surface area contributed by atoms with Crippen molar-refractivity contribution in [2.75, 3.05) is 5.33 Å². The van der Waals surface area contributed by atoms with Crippen molar-refractivity contribution in [3.8, 4) is 0 Å². The topological polar surface area (TPSA) is 0 Å². The Bertz CT molecular complexity index is 470. The van der Waals surface area contributed by atoms with Crippen LogP contribution >= 0.6 is 15.9 Å². The molecular weight excluding hydrogens is 372 g/mol. The normalized spacial score (nSPS) is 34.2. The van der Waals surface area contributed by atoms with Crippen LogP contribution in [0.4, 0.5) is 0 Å². The van der Waals surface area contributed by atoms with Gasteiger partial charge in [-0.25, -0.2) is 0 Å². The van der Waals surface area contributed by atoms with Gasteiger partial charge in [0.05, 0.1) is 8.07 Å². The highest BCUT2D eigenvalue weighted by atomic mass is 79.9. The third-order valence-corrected chi connectivity index (χ3v) is 13.4. The van der Waals surface area contributed by atoms with Crippen molar-refractivity contribution in [1.29, 1.82) is 0 Å². The molecule has 1 saturated heterocycles. The van der Waals surface area contributed by atoms with Crippen LogP contribution in [0.2, 0.25) is 18.1 Å². The molecule has 134 valence electrons. The highest BCUT2D eigenvalue weighted by Gasteiger charge is 2.40. The molecule has 0 aromatic heterocycles. The summed E-state index contributed by atoms with van der Waals surface area (Å²) in [6.45, 7) is 2.36. The number of rotatable bonds is 6. The first kappa shape index (κ1) is 18.7. The second-order valence-corrected chi connectivity index (χ2v) is 13.8. The highest BCUT2D eigenvalue weighted by molar-refractivity contribution is 9.09. The number of hydrogen-bond donors (Lipinski definition) is 0. The molecule has 1 heterocycles. The minimum atomic E-state index is -1.21. The Morgan fingerprint density at radius 3 is 2.12 bits per heavy atom. The van der Waals surface area contributed by atoms with E-state index in [1.807, 2.05) is 0 Å². The Morgan fingerprint density at radius 2 is 1.54 bits per heavy atom. The maximum Gasteiger partial charge on any atom is 0.0867 e. The van der Waals surface area contributed by atoms with Gasteiger partial charge in [-0.1, -0.05) is 102 Å². The fraction of sp³-hybridized carbons (Fsp3) is 0.727. The Labute approximate surface area is 159 Å². The molecule has 1 aromatic rings. The summed E-state index contributed by atoms with van der Waals surface area (Å²) in [6.07, 6.45) is 11.9. The molecule has 0 spiro atoms. The fourth-order valence-electron chi connectivity index (χ4n) is 5.47. The van der Waals surface area contributed by atoms with Crippen molar-refractivity contribution in [1.82, 2.24) is 0 Å². The van der Waals surface area contributed by atoms with Gasteiger partial charge in [0.1, 0.15) is 0 Å². The Kier molecular flexibility index (Phi) is 7.04. The van der Waals surface area contributed by atoms with E-state index in [9.17, 15) is 0 Å². The zero-order chi connectivity index (χ0) is 16.8. The van der Waals surface area contributed by atoms with Crippen molar-refractivity contribution in [3.05, 3.63) is 30.3 Å². The Morgan fingerprint density at radius 1 is 0.917 bits per heavy atom. The lowest BCUT2D eigenvalue weighted by atomic mass is 9.74. The average Bonchev–Trinajstić information content (AvgIpc) is 2.67. The summed E-state index contributed by atoms with van der Waals surface area (Å²) in [5, 5.41) is 2.99. The molecule has 0 radical (unpaired) electrons. The predicted molar refractivity (Wildman–Crippen MR) is 113 cm³/mol. The molecule has 1 aliphatic heterocycles. The lowest BCUT2D eigenvalue weighted by Crippen LogP contribution is -2.50. The first-order valence-corrected chi connectivity index (χ1v) is 14.1. The van der Waals surface area contributed by atoms with Gasteiger partial charge in [0.2, 0.25) is 0 Å². The van der Waals surface area contributed by atoms with Crippen molar-refractivity contribution in [2.45, 2.75) is 76.4 Å². The predicted octanol–water partition coefficient (Wildman–Crippen LogP) is 6.75. The summed E-state index contributed by atoms with van der Waals surface area (Å²) in [7, 11) is -1.21. The average molecular weight is 408 g/mol. The number of halogens is 1. The standard InChI is InChI=1S/C22H35BrSi/c1-2-3-15-24(22-7-5-4-6-8-22)16-13-21(14-17-24)20-11-9-19(18-23)10-12-20/h4-8,19-21H,2-3,9-18H2,1H3/t19-,20-,21?,24?. The van der Waals surface area contributed by atoms with Crippen molar-refractivity contribution in [2.24, 2.45) is 17.8 Å². The molecule has 1 aromatic carbocycles. The van der Waals surface area contributed by atoms with Crippen molar-refractivity contribution in [3.63, 3.8) is 0 Å². The van der Waals surface area contributed by atoms with Gasteiger partial charge in [0.25, 0.3) is 0 Å². The molecule has 0 nitrogen and oxygen atoms in total. The molecule has 2 heteroatoms. The smallest absolute Gasteiger partial charge is 0.0867 e. The monoisotopic (exact) mass is 406 g/mol. The molecule has 0 bridgehead atoms. The first-order valence-electron chi connectivity index (χ1n) is 10.4. The molecule has 0 amide bonds. The van der Waals surface area contributed by atoms with E-state index < -0.39 is 8.07 Å². The van der Waals surface area contributed by atoms with Crippen LogP contribution in [0, 0.1) is 17.8 Å². The molecule has 24 heavy (non-hydrogen) atoms. The lowest BCUT2D eigenvalue weighted by molar-refractivity contribution is 0.200. The Hall–Kier alpha value is -0.0831. The number of alkyl halides is 1. The van der Waals surface area contributed by atoms with E-state index in [0.717, 1.165) is 17.8 Å². The van der Waals surface area contributed by atoms with Crippen LogP contribution in [0.1, 0.15) is 58.3 Å². The van der Waals surface area contributed by atoms with E-state index in [0.29, 0.717) is 0 Å². The van der Waals surface area contributed by atoms with Gasteiger partial charge in [-0.2, -0.15) is 0 Å². The van der Waals surface area contributed by atoms with Crippen LogP contribution in [-0.4, -0.2) is 13.4 Å². The largest absolute Gasteiger partial charge is 0.0925 e. The molecule has 2 fully saturated rings. The van der Waals surface area contributed by atoms with E-state index in [4.69, 9.17) is 0 Å². The van der Waals surface area contributed by atoms with Crippen LogP contribution in [-0.2, 0) is 0 Å². The second-order valence-electron chi connectivity index (χ2n) is 8.52. The highest BCUT2D eigenvalue weighted by Crippen LogP contribution is 2.44.